The Morgan fingerprint density at radius 1 is 1.12 bits per heavy atom. The van der Waals surface area contributed by atoms with Crippen molar-refractivity contribution < 1.29 is 28.4 Å². The van der Waals surface area contributed by atoms with Gasteiger partial charge in [0.15, 0.2) is 0 Å². The maximum atomic E-state index is 14.6. The maximum Gasteiger partial charge on any atom is 0.488 e. The van der Waals surface area contributed by atoms with Crippen LogP contribution in [0.25, 0.3) is 0 Å². The van der Waals surface area contributed by atoms with E-state index in [9.17, 15) is 28.4 Å². The molecule has 0 saturated carbocycles. The zero-order chi connectivity index (χ0) is 25.1. The van der Waals surface area contributed by atoms with Crippen LogP contribution >= 0.6 is 22.6 Å². The highest BCUT2D eigenvalue weighted by molar-refractivity contribution is 14.1. The first-order valence-corrected chi connectivity index (χ1v) is 11.6. The van der Waals surface area contributed by atoms with Crippen LogP contribution in [0.5, 0.6) is 0 Å². The van der Waals surface area contributed by atoms with Crippen molar-refractivity contribution in [3.05, 3.63) is 62.2 Å². The molecule has 0 saturated heterocycles. The monoisotopic (exact) mass is 572 g/mol. The van der Waals surface area contributed by atoms with Crippen LogP contribution in [0.4, 0.5) is 8.78 Å². The zero-order valence-corrected chi connectivity index (χ0v) is 21.4. The summed E-state index contributed by atoms with van der Waals surface area (Å²) in [5.74, 6) is -4.18. The summed E-state index contributed by atoms with van der Waals surface area (Å²) in [7, 11) is -2.09. The predicted molar refractivity (Wildman–Crippen MR) is 132 cm³/mol. The van der Waals surface area contributed by atoms with Gasteiger partial charge in [-0.3, -0.25) is 15.0 Å². The van der Waals surface area contributed by atoms with Crippen LogP contribution in [0.3, 0.4) is 0 Å². The van der Waals surface area contributed by atoms with Crippen molar-refractivity contribution in [2.75, 3.05) is 0 Å². The van der Waals surface area contributed by atoms with Crippen molar-refractivity contribution in [3.8, 4) is 0 Å². The van der Waals surface area contributed by atoms with E-state index >= 15 is 0 Å². The quantitative estimate of drug-likeness (QED) is 0.281. The summed E-state index contributed by atoms with van der Waals surface area (Å²) in [6.45, 7) is 9.53. The molecule has 0 aliphatic rings. The van der Waals surface area contributed by atoms with Crippen LogP contribution in [0, 0.1) is 27.5 Å². The molecule has 0 spiro atoms. The fraction of sp³-hybridized carbons (Fsp3) is 0.391. The number of nitrogens with zero attached hydrogens (tertiary/aromatic N) is 1. The fourth-order valence-electron chi connectivity index (χ4n) is 3.62. The molecular formula is C23H28BF2IN2O4. The molecule has 0 unspecified atom stereocenters. The lowest BCUT2D eigenvalue weighted by Gasteiger charge is -2.40. The molecule has 0 heterocycles. The van der Waals surface area contributed by atoms with Gasteiger partial charge in [0.1, 0.15) is 17.2 Å². The molecule has 33 heavy (non-hydrogen) atoms. The number of amides is 2. The van der Waals surface area contributed by atoms with Gasteiger partial charge in [-0.2, -0.15) is 0 Å². The van der Waals surface area contributed by atoms with Crippen LogP contribution in [0.1, 0.15) is 66.8 Å². The number of carbonyl (C=O) groups is 2. The molecule has 10 heteroatoms. The minimum atomic E-state index is -2.09. The number of hydrazine groups is 1. The highest BCUT2D eigenvalue weighted by atomic mass is 127. The molecule has 0 radical (unpaired) electrons. The third-order valence-corrected chi connectivity index (χ3v) is 5.82. The summed E-state index contributed by atoms with van der Waals surface area (Å²) in [4.78, 5) is 26.5. The van der Waals surface area contributed by atoms with Gasteiger partial charge >= 0.3 is 7.12 Å². The lowest BCUT2D eigenvalue weighted by Crippen LogP contribution is -2.56. The number of nitrogens with one attached hydrogen (secondary N) is 1. The van der Waals surface area contributed by atoms with E-state index in [1.807, 2.05) is 40.7 Å². The van der Waals surface area contributed by atoms with E-state index in [2.05, 4.69) is 28.0 Å². The Morgan fingerprint density at radius 2 is 1.70 bits per heavy atom. The molecule has 2 aromatic carbocycles. The van der Waals surface area contributed by atoms with Gasteiger partial charge in [-0.1, -0.05) is 34.1 Å². The molecule has 2 rings (SSSR count). The number of carbonyl (C=O) groups excluding carboxylic acids is 2. The molecule has 0 aromatic heterocycles. The van der Waals surface area contributed by atoms with E-state index in [1.165, 1.54) is 0 Å². The molecule has 2 amide bonds. The average molecular weight is 572 g/mol. The number of aryl methyl sites for hydroxylation is 1. The number of hydrogen-bond acceptors (Lipinski definition) is 4. The van der Waals surface area contributed by atoms with Gasteiger partial charge < -0.3 is 10.0 Å². The van der Waals surface area contributed by atoms with Gasteiger partial charge in [0, 0.05) is 9.13 Å². The lowest BCUT2D eigenvalue weighted by molar-refractivity contribution is 0.0268. The summed E-state index contributed by atoms with van der Waals surface area (Å²) in [5, 5.41) is 19.5. The van der Waals surface area contributed by atoms with E-state index < -0.39 is 53.1 Å². The third-order valence-electron chi connectivity index (χ3n) is 5.19. The molecule has 6 nitrogen and oxygen atoms in total. The molecule has 3 N–H and O–H groups in total. The van der Waals surface area contributed by atoms with E-state index in [0.29, 0.717) is 30.5 Å². The molecular weight excluding hydrogens is 544 g/mol. The van der Waals surface area contributed by atoms with Gasteiger partial charge in [0.25, 0.3) is 11.8 Å². The van der Waals surface area contributed by atoms with Gasteiger partial charge in [-0.15, -0.1) is 0 Å². The minimum Gasteiger partial charge on any atom is -0.423 e. The summed E-state index contributed by atoms with van der Waals surface area (Å²) >= 11 is 2.09. The van der Waals surface area contributed by atoms with E-state index in [-0.39, 0.29) is 0 Å². The Kier molecular flexibility index (Phi) is 9.00. The second-order valence-electron chi connectivity index (χ2n) is 9.04. The topological polar surface area (TPSA) is 89.9 Å². The van der Waals surface area contributed by atoms with Gasteiger partial charge in [0.05, 0.1) is 6.04 Å². The molecule has 1 atom stereocenters. The number of hydrogen-bond donors (Lipinski definition) is 3. The van der Waals surface area contributed by atoms with Crippen LogP contribution in [0.15, 0.2) is 30.3 Å². The summed E-state index contributed by atoms with van der Waals surface area (Å²) in [6.07, 6.45) is 1.25. The smallest absolute Gasteiger partial charge is 0.423 e. The highest BCUT2D eigenvalue weighted by Crippen LogP contribution is 2.29. The summed E-state index contributed by atoms with van der Waals surface area (Å²) in [6, 6.07) is 6.14. The molecule has 0 aliphatic heterocycles. The Labute approximate surface area is 206 Å². The molecule has 2 aromatic rings. The van der Waals surface area contributed by atoms with E-state index in [4.69, 9.17) is 0 Å². The Bertz CT molecular complexity index is 1000. The van der Waals surface area contributed by atoms with E-state index in [0.717, 1.165) is 14.1 Å². The standard InChI is InChI=1S/C23H28BF2IN2O4/c1-6-7-19(23(3,4)5)29(22(31)14-8-13(2)9-16(27)10-14)28-21(30)20-17(25)11-15(24(32)33)12-18(20)26/h8-12,19,32-33H,6-7H2,1-5H3,(H,28,30)/t19-/m1/s1. The van der Waals surface area contributed by atoms with Gasteiger partial charge in [-0.05, 0) is 82.7 Å². The van der Waals surface area contributed by atoms with E-state index in [1.54, 1.807) is 12.1 Å². The number of benzene rings is 2. The van der Waals surface area contributed by atoms with Crippen molar-refractivity contribution in [1.82, 2.24) is 10.4 Å². The second kappa shape index (κ2) is 10.9. The molecule has 0 fully saturated rings. The summed E-state index contributed by atoms with van der Waals surface area (Å²) in [5.41, 5.74) is 1.82. The zero-order valence-electron chi connectivity index (χ0n) is 19.2. The first-order valence-electron chi connectivity index (χ1n) is 10.5. The van der Waals surface area contributed by atoms with Gasteiger partial charge in [0.2, 0.25) is 0 Å². The summed E-state index contributed by atoms with van der Waals surface area (Å²) < 4.78 is 29.9. The Balaban J connectivity index is 2.54. The normalized spacial score (nSPS) is 12.3. The third kappa shape index (κ3) is 6.74. The Hall–Kier alpha value is -2.05. The fourth-order valence-corrected chi connectivity index (χ4v) is 4.44. The lowest BCUT2D eigenvalue weighted by atomic mass is 9.79. The van der Waals surface area contributed by atoms with Crippen molar-refractivity contribution in [2.24, 2.45) is 5.41 Å². The van der Waals surface area contributed by atoms with Crippen LogP contribution in [-0.4, -0.2) is 40.0 Å². The number of halogens is 3. The van der Waals surface area contributed by atoms with Crippen molar-refractivity contribution in [2.45, 2.75) is 53.5 Å². The largest absolute Gasteiger partial charge is 0.488 e. The second-order valence-corrected chi connectivity index (χ2v) is 10.3. The first kappa shape index (κ1) is 27.2. The minimum absolute atomic E-state index is 0.338. The van der Waals surface area contributed by atoms with Crippen molar-refractivity contribution >= 4 is 47.0 Å². The maximum absolute atomic E-state index is 14.6. The van der Waals surface area contributed by atoms with Crippen molar-refractivity contribution in [1.29, 1.82) is 0 Å². The van der Waals surface area contributed by atoms with Crippen LogP contribution < -0.4 is 10.9 Å². The number of rotatable bonds is 6. The SMILES string of the molecule is CCC[C@@H](N(NC(=O)c1c(F)cc(B(O)O)cc1F)C(=O)c1cc(C)cc(I)c1)C(C)(C)C. The molecule has 178 valence electrons. The predicted octanol–water partition coefficient (Wildman–Crippen LogP) is 3.56. The first-order chi connectivity index (χ1) is 15.3. The molecule has 0 bridgehead atoms. The van der Waals surface area contributed by atoms with Crippen molar-refractivity contribution in [3.63, 3.8) is 0 Å². The van der Waals surface area contributed by atoms with Crippen LogP contribution in [0.2, 0.25) is 0 Å². The van der Waals surface area contributed by atoms with Crippen LogP contribution in [-0.2, 0) is 0 Å². The Morgan fingerprint density at radius 3 is 2.15 bits per heavy atom. The molecule has 0 aliphatic carbocycles. The van der Waals surface area contributed by atoms with Gasteiger partial charge in [-0.25, -0.2) is 13.8 Å². The highest BCUT2D eigenvalue weighted by Gasteiger charge is 2.36. The average Bonchev–Trinajstić information content (AvgIpc) is 2.67.